The van der Waals surface area contributed by atoms with Gasteiger partial charge >= 0.3 is 0 Å². The predicted octanol–water partition coefficient (Wildman–Crippen LogP) is 3.46. The second-order valence-corrected chi connectivity index (χ2v) is 7.74. The highest BCUT2D eigenvalue weighted by atomic mass is 16.7. The van der Waals surface area contributed by atoms with Gasteiger partial charge in [-0.25, -0.2) is 0 Å². The third kappa shape index (κ3) is 2.67. The lowest BCUT2D eigenvalue weighted by Gasteiger charge is -2.38. The van der Waals surface area contributed by atoms with Gasteiger partial charge in [0.15, 0.2) is 23.0 Å². The molecule has 0 N–H and O–H groups in total. The van der Waals surface area contributed by atoms with E-state index in [4.69, 9.17) is 28.4 Å². The third-order valence-corrected chi connectivity index (χ3v) is 6.46. The molecule has 1 unspecified atom stereocenters. The van der Waals surface area contributed by atoms with E-state index in [1.54, 1.807) is 21.3 Å². The zero-order valence-corrected chi connectivity index (χ0v) is 17.1. The van der Waals surface area contributed by atoms with Crippen molar-refractivity contribution in [3.05, 3.63) is 41.0 Å². The third-order valence-electron chi connectivity index (χ3n) is 6.46. The molecule has 0 saturated carbocycles. The summed E-state index contributed by atoms with van der Waals surface area (Å²) in [4.78, 5) is 0. The van der Waals surface area contributed by atoms with Gasteiger partial charge in [0.05, 0.1) is 46.5 Å². The van der Waals surface area contributed by atoms with Crippen LogP contribution in [-0.2, 0) is 4.74 Å². The molecule has 5 rings (SSSR count). The molecule has 3 aliphatic rings. The van der Waals surface area contributed by atoms with Gasteiger partial charge in [0, 0.05) is 11.8 Å². The van der Waals surface area contributed by atoms with Crippen molar-refractivity contribution >= 4 is 0 Å². The molecule has 156 valence electrons. The van der Waals surface area contributed by atoms with Crippen LogP contribution in [0.5, 0.6) is 28.7 Å². The topological polar surface area (TPSA) is 79.2 Å². The van der Waals surface area contributed by atoms with Crippen molar-refractivity contribution in [2.45, 2.75) is 11.8 Å². The summed E-state index contributed by atoms with van der Waals surface area (Å²) < 4.78 is 33.8. The summed E-state index contributed by atoms with van der Waals surface area (Å²) in [5.74, 6) is 3.17. The Hall–Kier alpha value is -3.11. The van der Waals surface area contributed by atoms with Crippen molar-refractivity contribution in [3.63, 3.8) is 0 Å². The number of benzene rings is 2. The average Bonchev–Trinajstić information content (AvgIpc) is 3.44. The molecular formula is C23H23NO6. The number of nitriles is 1. The van der Waals surface area contributed by atoms with Crippen LogP contribution in [-0.4, -0.2) is 41.3 Å². The first kappa shape index (κ1) is 18.9. The fourth-order valence-electron chi connectivity index (χ4n) is 5.12. The first-order valence-electron chi connectivity index (χ1n) is 9.90. The first-order valence-corrected chi connectivity index (χ1v) is 9.90. The van der Waals surface area contributed by atoms with Gasteiger partial charge in [0.25, 0.3) is 0 Å². The summed E-state index contributed by atoms with van der Waals surface area (Å²) in [5.41, 5.74) is 3.07. The van der Waals surface area contributed by atoms with Gasteiger partial charge in [-0.15, -0.1) is 0 Å². The average molecular weight is 409 g/mol. The molecule has 2 aromatic carbocycles. The lowest BCUT2D eigenvalue weighted by atomic mass is 9.63. The van der Waals surface area contributed by atoms with Gasteiger partial charge in [0.1, 0.15) is 0 Å². The minimum atomic E-state index is -0.250. The highest BCUT2D eigenvalue weighted by Crippen LogP contribution is 2.55. The maximum absolute atomic E-state index is 9.99. The maximum atomic E-state index is 9.99. The molecule has 2 aliphatic heterocycles. The molecule has 30 heavy (non-hydrogen) atoms. The fraction of sp³-hybridized carbons (Fsp3) is 0.435. The Balaban J connectivity index is 1.73. The summed E-state index contributed by atoms with van der Waals surface area (Å²) in [5, 5.41) is 9.99. The fourth-order valence-corrected chi connectivity index (χ4v) is 5.12. The Morgan fingerprint density at radius 3 is 2.10 bits per heavy atom. The monoisotopic (exact) mass is 409 g/mol. The number of nitrogens with zero attached hydrogens (tertiary/aromatic N) is 1. The molecule has 0 aromatic heterocycles. The maximum Gasteiger partial charge on any atom is 0.231 e. The van der Waals surface area contributed by atoms with E-state index in [2.05, 4.69) is 6.07 Å². The molecule has 0 radical (unpaired) electrons. The largest absolute Gasteiger partial charge is 0.493 e. The van der Waals surface area contributed by atoms with Gasteiger partial charge in [0.2, 0.25) is 12.5 Å². The zero-order chi connectivity index (χ0) is 20.8. The van der Waals surface area contributed by atoms with E-state index < -0.39 is 0 Å². The Labute approximate surface area is 175 Å². The minimum Gasteiger partial charge on any atom is -0.493 e. The van der Waals surface area contributed by atoms with Crippen LogP contribution >= 0.6 is 0 Å². The minimum absolute atomic E-state index is 0.000283. The van der Waals surface area contributed by atoms with Crippen molar-refractivity contribution in [2.75, 3.05) is 41.3 Å². The Kier molecular flexibility index (Phi) is 4.59. The quantitative estimate of drug-likeness (QED) is 0.765. The molecule has 1 aliphatic carbocycles. The summed E-state index contributed by atoms with van der Waals surface area (Å²) in [6.45, 7) is 1.36. The highest BCUT2D eigenvalue weighted by molar-refractivity contribution is 5.60. The molecule has 1 saturated heterocycles. The molecule has 0 bridgehead atoms. The molecule has 1 fully saturated rings. The predicted molar refractivity (Wildman–Crippen MR) is 107 cm³/mol. The second-order valence-electron chi connectivity index (χ2n) is 7.74. The Morgan fingerprint density at radius 1 is 0.867 bits per heavy atom. The van der Waals surface area contributed by atoms with E-state index in [1.165, 1.54) is 0 Å². The van der Waals surface area contributed by atoms with E-state index in [0.717, 1.165) is 16.7 Å². The standard InChI is InChI=1S/C23H23NO6/c1-25-20-4-12(5-21(26-2)23(20)27-3)22-14-7-19-18(29-11-30-19)6-13(14)15(8-24)16-9-28-10-17(16)22/h4-7,15-17,22H,9-11H2,1-3H3/t15-,16-,17?,22-/m1/s1. The van der Waals surface area contributed by atoms with Crippen LogP contribution in [0.15, 0.2) is 24.3 Å². The van der Waals surface area contributed by atoms with E-state index in [-0.39, 0.29) is 30.5 Å². The van der Waals surface area contributed by atoms with Gasteiger partial charge in [-0.1, -0.05) is 0 Å². The van der Waals surface area contributed by atoms with Gasteiger partial charge in [-0.2, -0.15) is 5.26 Å². The smallest absolute Gasteiger partial charge is 0.231 e. The summed E-state index contributed by atoms with van der Waals surface area (Å²) in [6.07, 6.45) is 0. The molecule has 7 nitrogen and oxygen atoms in total. The molecule has 7 heteroatoms. The van der Waals surface area contributed by atoms with Crippen LogP contribution in [0.25, 0.3) is 0 Å². The van der Waals surface area contributed by atoms with E-state index in [0.29, 0.717) is 42.0 Å². The lowest BCUT2D eigenvalue weighted by Crippen LogP contribution is -2.32. The van der Waals surface area contributed by atoms with Crippen LogP contribution in [0.1, 0.15) is 28.5 Å². The normalized spacial score (nSPS) is 25.8. The van der Waals surface area contributed by atoms with Crippen molar-refractivity contribution in [2.24, 2.45) is 11.8 Å². The van der Waals surface area contributed by atoms with Gasteiger partial charge in [-0.3, -0.25) is 0 Å². The number of fused-ring (bicyclic) bond motifs is 3. The Morgan fingerprint density at radius 2 is 1.50 bits per heavy atom. The molecule has 2 heterocycles. The number of rotatable bonds is 4. The van der Waals surface area contributed by atoms with Crippen molar-refractivity contribution < 1.29 is 28.4 Å². The van der Waals surface area contributed by atoms with Crippen molar-refractivity contribution in [1.82, 2.24) is 0 Å². The van der Waals surface area contributed by atoms with E-state index in [9.17, 15) is 5.26 Å². The van der Waals surface area contributed by atoms with Crippen LogP contribution in [0, 0.1) is 23.2 Å². The van der Waals surface area contributed by atoms with Crippen molar-refractivity contribution in [3.8, 4) is 34.8 Å². The molecule has 2 aromatic rings. The van der Waals surface area contributed by atoms with E-state index >= 15 is 0 Å². The van der Waals surface area contributed by atoms with Crippen LogP contribution < -0.4 is 23.7 Å². The SMILES string of the molecule is COc1cc([C@@H]2c3cc4c(cc3[C@@H](C#N)[C@H]3COCC23)OCO4)cc(OC)c1OC. The molecule has 0 spiro atoms. The number of hydrogen-bond donors (Lipinski definition) is 0. The second kappa shape index (κ2) is 7.29. The first-order chi connectivity index (χ1) is 14.7. The summed E-state index contributed by atoms with van der Waals surface area (Å²) in [6, 6.07) is 10.5. The summed E-state index contributed by atoms with van der Waals surface area (Å²) in [7, 11) is 4.82. The molecular weight excluding hydrogens is 386 g/mol. The molecule has 4 atom stereocenters. The summed E-state index contributed by atoms with van der Waals surface area (Å²) >= 11 is 0. The number of methoxy groups -OCH3 is 3. The van der Waals surface area contributed by atoms with Crippen LogP contribution in [0.4, 0.5) is 0 Å². The van der Waals surface area contributed by atoms with Crippen molar-refractivity contribution in [1.29, 1.82) is 5.26 Å². The highest BCUT2D eigenvalue weighted by Gasteiger charge is 2.48. The van der Waals surface area contributed by atoms with Crippen LogP contribution in [0.3, 0.4) is 0 Å². The Bertz CT molecular complexity index is 1000. The number of hydrogen-bond acceptors (Lipinski definition) is 7. The number of ether oxygens (including phenoxy) is 6. The van der Waals surface area contributed by atoms with Crippen LogP contribution in [0.2, 0.25) is 0 Å². The lowest BCUT2D eigenvalue weighted by molar-refractivity contribution is 0.173. The van der Waals surface area contributed by atoms with E-state index in [1.807, 2.05) is 24.3 Å². The molecule has 0 amide bonds. The van der Waals surface area contributed by atoms with Gasteiger partial charge < -0.3 is 28.4 Å². The zero-order valence-electron chi connectivity index (χ0n) is 17.1. The van der Waals surface area contributed by atoms with Gasteiger partial charge in [-0.05, 0) is 46.9 Å².